The van der Waals surface area contributed by atoms with Crippen molar-refractivity contribution in [2.75, 3.05) is 19.6 Å². The van der Waals surface area contributed by atoms with E-state index in [1.165, 1.54) is 49.9 Å². The first-order valence-electron chi connectivity index (χ1n) is 10.9. The molecule has 7 rings (SSSR count). The molecule has 1 N–H and O–H groups in total. The van der Waals surface area contributed by atoms with E-state index in [9.17, 15) is 4.79 Å². The molecule has 5 heterocycles. The minimum Gasteiger partial charge on any atom is -0.332 e. The fourth-order valence-electron chi connectivity index (χ4n) is 5.96. The van der Waals surface area contributed by atoms with E-state index >= 15 is 0 Å². The Bertz CT molecular complexity index is 892. The molecule has 0 unspecified atom stereocenters. The second-order valence-electron chi connectivity index (χ2n) is 9.31. The quantitative estimate of drug-likeness (QED) is 0.894. The van der Waals surface area contributed by atoms with Gasteiger partial charge >= 0.3 is 0 Å². The van der Waals surface area contributed by atoms with Crippen molar-refractivity contribution < 1.29 is 4.79 Å². The van der Waals surface area contributed by atoms with Gasteiger partial charge in [-0.25, -0.2) is 0 Å². The van der Waals surface area contributed by atoms with Crippen LogP contribution in [0.15, 0.2) is 30.3 Å². The summed E-state index contributed by atoms with van der Waals surface area (Å²) in [7, 11) is 0. The molecule has 5 aliphatic rings. The second-order valence-corrected chi connectivity index (χ2v) is 9.31. The molecule has 146 valence electrons. The van der Waals surface area contributed by atoms with Crippen LogP contribution >= 0.6 is 0 Å². The topological polar surface area (TPSA) is 52.2 Å². The molecule has 0 spiro atoms. The molecule has 1 aromatic carbocycles. The van der Waals surface area contributed by atoms with Gasteiger partial charge in [0.1, 0.15) is 5.69 Å². The summed E-state index contributed by atoms with van der Waals surface area (Å²) in [5.41, 5.74) is 4.43. The van der Waals surface area contributed by atoms with Crippen molar-refractivity contribution in [3.05, 3.63) is 52.8 Å². The van der Waals surface area contributed by atoms with Crippen molar-refractivity contribution in [1.29, 1.82) is 0 Å². The van der Waals surface area contributed by atoms with Crippen LogP contribution in [-0.4, -0.2) is 57.6 Å². The van der Waals surface area contributed by atoms with Gasteiger partial charge in [-0.2, -0.15) is 5.10 Å². The van der Waals surface area contributed by atoms with Crippen molar-refractivity contribution in [3.63, 3.8) is 0 Å². The summed E-state index contributed by atoms with van der Waals surface area (Å²) in [5, 5.41) is 7.52. The third kappa shape index (κ3) is 2.55. The number of nitrogens with one attached hydrogen (secondary N) is 1. The number of aromatic amines is 1. The van der Waals surface area contributed by atoms with E-state index in [0.29, 0.717) is 35.5 Å². The van der Waals surface area contributed by atoms with Gasteiger partial charge in [0.15, 0.2) is 0 Å². The van der Waals surface area contributed by atoms with Gasteiger partial charge in [0.25, 0.3) is 5.91 Å². The maximum absolute atomic E-state index is 13.5. The lowest BCUT2D eigenvalue weighted by molar-refractivity contribution is -0.00358. The highest BCUT2D eigenvalue weighted by Crippen LogP contribution is 2.47. The molecule has 5 heteroatoms. The number of fused-ring (bicyclic) bond motifs is 2. The molecule has 3 atom stereocenters. The van der Waals surface area contributed by atoms with Crippen molar-refractivity contribution in [2.24, 2.45) is 5.92 Å². The number of H-pyrrole nitrogens is 1. The zero-order chi connectivity index (χ0) is 18.8. The van der Waals surface area contributed by atoms with Gasteiger partial charge in [-0.05, 0) is 63.2 Å². The van der Waals surface area contributed by atoms with Crippen LogP contribution in [0.1, 0.15) is 64.8 Å². The average molecular weight is 377 g/mol. The molecule has 0 radical (unpaired) electrons. The first-order chi connectivity index (χ1) is 13.7. The Balaban J connectivity index is 1.34. The summed E-state index contributed by atoms with van der Waals surface area (Å²) in [6.45, 7) is 5.32. The molecule has 5 fully saturated rings. The van der Waals surface area contributed by atoms with E-state index in [1.54, 1.807) is 0 Å². The van der Waals surface area contributed by atoms with Crippen LogP contribution in [-0.2, 0) is 0 Å². The first kappa shape index (κ1) is 16.8. The van der Waals surface area contributed by atoms with Crippen molar-refractivity contribution in [1.82, 2.24) is 20.0 Å². The van der Waals surface area contributed by atoms with Crippen LogP contribution in [0, 0.1) is 12.8 Å². The van der Waals surface area contributed by atoms with E-state index in [0.717, 1.165) is 12.2 Å². The standard InChI is InChI=1S/C23H28N4O/c1-14-2-4-15(5-3-14)18-13-27(21-17-8-10-26(11-9-17)22(18)21)23(28)20-12-19(24-25-20)16-6-7-16/h2-5,12,16-18,21-22H,6-11,13H2,1H3,(H,24,25)/t18-,21-,22-/m1/s1. The Kier molecular flexibility index (Phi) is 3.70. The normalized spacial score (nSPS) is 33.9. The summed E-state index contributed by atoms with van der Waals surface area (Å²) >= 11 is 0. The van der Waals surface area contributed by atoms with Crippen molar-refractivity contribution in [2.45, 2.75) is 56.5 Å². The van der Waals surface area contributed by atoms with E-state index < -0.39 is 0 Å². The average Bonchev–Trinajstić information content (AvgIpc) is 3.31. The van der Waals surface area contributed by atoms with Crippen LogP contribution in [0.2, 0.25) is 0 Å². The summed E-state index contributed by atoms with van der Waals surface area (Å²) in [6.07, 6.45) is 4.88. The number of hydrogen-bond acceptors (Lipinski definition) is 3. The zero-order valence-corrected chi connectivity index (χ0v) is 16.5. The largest absolute Gasteiger partial charge is 0.332 e. The highest BCUT2D eigenvalue weighted by molar-refractivity contribution is 5.93. The fraction of sp³-hybridized carbons (Fsp3) is 0.565. The lowest BCUT2D eigenvalue weighted by Crippen LogP contribution is -2.60. The summed E-state index contributed by atoms with van der Waals surface area (Å²) in [4.78, 5) is 18.3. The van der Waals surface area contributed by atoms with Crippen LogP contribution in [0.3, 0.4) is 0 Å². The van der Waals surface area contributed by atoms with Crippen LogP contribution in [0.5, 0.6) is 0 Å². The molecule has 4 aliphatic heterocycles. The molecule has 1 aliphatic carbocycles. The summed E-state index contributed by atoms with van der Waals surface area (Å²) in [6, 6.07) is 11.8. The number of aromatic nitrogens is 2. The number of carbonyl (C=O) groups excluding carboxylic acids is 1. The Morgan fingerprint density at radius 1 is 1.07 bits per heavy atom. The summed E-state index contributed by atoms with van der Waals surface area (Å²) in [5.74, 6) is 1.76. The van der Waals surface area contributed by atoms with Gasteiger partial charge in [0.2, 0.25) is 0 Å². The lowest BCUT2D eigenvalue weighted by atomic mass is 9.75. The number of piperidine rings is 3. The van der Waals surface area contributed by atoms with Crippen LogP contribution in [0.4, 0.5) is 0 Å². The zero-order valence-electron chi connectivity index (χ0n) is 16.5. The number of aryl methyl sites for hydroxylation is 1. The van der Waals surface area contributed by atoms with Gasteiger partial charge in [-0.1, -0.05) is 29.8 Å². The maximum atomic E-state index is 13.5. The molecule has 28 heavy (non-hydrogen) atoms. The van der Waals surface area contributed by atoms with Crippen molar-refractivity contribution in [3.8, 4) is 0 Å². The summed E-state index contributed by atoms with van der Waals surface area (Å²) < 4.78 is 0. The van der Waals surface area contributed by atoms with Crippen LogP contribution in [0.25, 0.3) is 0 Å². The molecule has 5 nitrogen and oxygen atoms in total. The number of benzene rings is 1. The molecule has 1 saturated carbocycles. The minimum absolute atomic E-state index is 0.126. The Labute approximate surface area is 166 Å². The Morgan fingerprint density at radius 3 is 2.54 bits per heavy atom. The predicted molar refractivity (Wildman–Crippen MR) is 107 cm³/mol. The van der Waals surface area contributed by atoms with E-state index in [-0.39, 0.29) is 5.91 Å². The third-order valence-electron chi connectivity index (χ3n) is 7.59. The third-order valence-corrected chi connectivity index (χ3v) is 7.59. The molecule has 2 bridgehead atoms. The Hall–Kier alpha value is -2.14. The Morgan fingerprint density at radius 2 is 1.82 bits per heavy atom. The fourth-order valence-corrected chi connectivity index (χ4v) is 5.96. The monoisotopic (exact) mass is 376 g/mol. The number of amides is 1. The molecular formula is C23H28N4O. The van der Waals surface area contributed by atoms with Gasteiger partial charge in [-0.3, -0.25) is 14.8 Å². The highest BCUT2D eigenvalue weighted by Gasteiger charge is 2.54. The van der Waals surface area contributed by atoms with Gasteiger partial charge in [-0.15, -0.1) is 0 Å². The predicted octanol–water partition coefficient (Wildman–Crippen LogP) is 3.30. The second kappa shape index (κ2) is 6.18. The van der Waals surface area contributed by atoms with Gasteiger partial charge in [0.05, 0.1) is 6.04 Å². The molecule has 1 aromatic heterocycles. The van der Waals surface area contributed by atoms with E-state index in [1.807, 2.05) is 6.07 Å². The number of likely N-dealkylation sites (tertiary alicyclic amines) is 1. The molecule has 2 aromatic rings. The van der Waals surface area contributed by atoms with Crippen LogP contribution < -0.4 is 0 Å². The number of hydrogen-bond donors (Lipinski definition) is 1. The first-order valence-corrected chi connectivity index (χ1v) is 10.9. The smallest absolute Gasteiger partial charge is 0.274 e. The highest BCUT2D eigenvalue weighted by atomic mass is 16.2. The lowest BCUT2D eigenvalue weighted by Gasteiger charge is -2.51. The van der Waals surface area contributed by atoms with E-state index in [2.05, 4.69) is 51.2 Å². The molecule has 1 amide bonds. The maximum Gasteiger partial charge on any atom is 0.274 e. The van der Waals surface area contributed by atoms with E-state index in [4.69, 9.17) is 0 Å². The van der Waals surface area contributed by atoms with Crippen molar-refractivity contribution >= 4 is 5.91 Å². The number of nitrogens with zero attached hydrogens (tertiary/aromatic N) is 3. The van der Waals surface area contributed by atoms with Gasteiger partial charge < -0.3 is 4.90 Å². The van der Waals surface area contributed by atoms with Gasteiger partial charge in [0, 0.05) is 30.1 Å². The minimum atomic E-state index is 0.126. The molecule has 4 saturated heterocycles. The SMILES string of the molecule is Cc1ccc([C@H]2CN(C(=O)c3cc(C4CC4)[nH]n3)[C@@H]3C4CCN(CC4)[C@H]23)cc1. The number of rotatable bonds is 3. The molecular weight excluding hydrogens is 348 g/mol. The number of carbonyl (C=O) groups is 1.